The lowest BCUT2D eigenvalue weighted by molar-refractivity contribution is -0.116. The highest BCUT2D eigenvalue weighted by atomic mass is 31.2. The Morgan fingerprint density at radius 1 is 1.05 bits per heavy atom. The van der Waals surface area contributed by atoms with Crippen LogP contribution in [0.3, 0.4) is 0 Å². The van der Waals surface area contributed by atoms with E-state index >= 15 is 0 Å². The first kappa shape index (κ1) is 14.6. The van der Waals surface area contributed by atoms with Crippen molar-refractivity contribution >= 4 is 7.82 Å². The Bertz CT molecular complexity index is 593. The van der Waals surface area contributed by atoms with Gasteiger partial charge >= 0.3 is 7.82 Å². The van der Waals surface area contributed by atoms with E-state index in [1.807, 2.05) is 0 Å². The van der Waals surface area contributed by atoms with Crippen molar-refractivity contribution in [1.29, 1.82) is 0 Å². The van der Waals surface area contributed by atoms with Gasteiger partial charge in [0, 0.05) is 0 Å². The molecule has 0 heterocycles. The molecule has 1 unspecified atom stereocenters. The Balaban J connectivity index is 1.52. The van der Waals surface area contributed by atoms with Gasteiger partial charge in [0.25, 0.3) is 0 Å². The molecule has 0 saturated heterocycles. The van der Waals surface area contributed by atoms with E-state index in [1.165, 1.54) is 31.4 Å². The van der Waals surface area contributed by atoms with E-state index in [-0.39, 0.29) is 11.5 Å². The molecular formula is C16H21O5P. The standard InChI is InChI=1S/C16H21O5P/c17-14-3-1-2-4-15(14)20-22(18,19)21-16-8-11-5-12(9-16)7-13(6-11)10-16/h1-4,11-13,17H,5-10H2,(H,18,19). The molecule has 0 amide bonds. The average Bonchev–Trinajstić information content (AvgIpc) is 2.38. The molecule has 22 heavy (non-hydrogen) atoms. The second-order valence-electron chi connectivity index (χ2n) is 7.22. The van der Waals surface area contributed by atoms with Crippen LogP contribution in [0, 0.1) is 17.8 Å². The van der Waals surface area contributed by atoms with Crippen molar-refractivity contribution in [2.24, 2.45) is 17.8 Å². The minimum Gasteiger partial charge on any atom is -0.504 e. The minimum absolute atomic E-state index is 0.0157. The second-order valence-corrected chi connectivity index (χ2v) is 8.52. The summed E-state index contributed by atoms with van der Waals surface area (Å²) < 4.78 is 23.2. The summed E-state index contributed by atoms with van der Waals surface area (Å²) in [5, 5.41) is 9.69. The van der Waals surface area contributed by atoms with E-state index in [1.54, 1.807) is 12.1 Å². The van der Waals surface area contributed by atoms with Gasteiger partial charge < -0.3 is 9.63 Å². The third kappa shape index (κ3) is 2.66. The molecule has 4 bridgehead atoms. The fourth-order valence-corrected chi connectivity index (χ4v) is 6.22. The number of phenolic OH excluding ortho intramolecular Hbond substituents is 1. The van der Waals surface area contributed by atoms with Gasteiger partial charge in [0.1, 0.15) is 0 Å². The maximum atomic E-state index is 12.4. The summed E-state index contributed by atoms with van der Waals surface area (Å²) in [7, 11) is -4.25. The number of phenols is 1. The fourth-order valence-electron chi connectivity index (χ4n) is 5.06. The quantitative estimate of drug-likeness (QED) is 0.823. The summed E-state index contributed by atoms with van der Waals surface area (Å²) in [6.45, 7) is 0. The maximum Gasteiger partial charge on any atom is 0.528 e. The normalized spacial score (nSPS) is 38.7. The zero-order valence-corrected chi connectivity index (χ0v) is 13.2. The van der Waals surface area contributed by atoms with Crippen molar-refractivity contribution in [1.82, 2.24) is 0 Å². The number of benzene rings is 1. The van der Waals surface area contributed by atoms with Gasteiger partial charge in [-0.15, -0.1) is 0 Å². The molecular weight excluding hydrogens is 303 g/mol. The van der Waals surface area contributed by atoms with Gasteiger partial charge in [0.05, 0.1) is 5.60 Å². The summed E-state index contributed by atoms with van der Waals surface area (Å²) in [6.07, 6.45) is 6.27. The highest BCUT2D eigenvalue weighted by Gasteiger charge is 2.54. The molecule has 0 aromatic heterocycles. The van der Waals surface area contributed by atoms with Crippen LogP contribution in [0.2, 0.25) is 0 Å². The molecule has 1 atom stereocenters. The Morgan fingerprint density at radius 2 is 1.59 bits per heavy atom. The molecule has 4 fully saturated rings. The zero-order chi connectivity index (χ0) is 15.4. The molecule has 5 nitrogen and oxygen atoms in total. The van der Waals surface area contributed by atoms with Gasteiger partial charge in [-0.05, 0) is 68.4 Å². The van der Waals surface area contributed by atoms with Gasteiger partial charge in [-0.2, -0.15) is 0 Å². The third-order valence-electron chi connectivity index (χ3n) is 5.37. The Labute approximate surface area is 129 Å². The second kappa shape index (κ2) is 4.98. The van der Waals surface area contributed by atoms with Crippen molar-refractivity contribution in [3.05, 3.63) is 24.3 Å². The Morgan fingerprint density at radius 3 is 2.14 bits per heavy atom. The first-order valence-electron chi connectivity index (χ1n) is 7.94. The van der Waals surface area contributed by atoms with E-state index in [9.17, 15) is 14.6 Å². The first-order chi connectivity index (χ1) is 10.4. The van der Waals surface area contributed by atoms with E-state index in [4.69, 9.17) is 9.05 Å². The molecule has 1 aromatic carbocycles. The number of phosphoric acid groups is 1. The molecule has 1 aromatic rings. The van der Waals surface area contributed by atoms with Crippen LogP contribution in [-0.4, -0.2) is 15.6 Å². The van der Waals surface area contributed by atoms with E-state index in [2.05, 4.69) is 0 Å². The molecule has 6 heteroatoms. The molecule has 2 N–H and O–H groups in total. The first-order valence-corrected chi connectivity index (χ1v) is 9.44. The SMILES string of the molecule is O=P(O)(Oc1ccccc1O)OC12CC3CC(CC(C3)C1)C2. The Kier molecular flexibility index (Phi) is 3.30. The number of hydrogen-bond donors (Lipinski definition) is 2. The zero-order valence-electron chi connectivity index (χ0n) is 12.4. The predicted octanol–water partition coefficient (Wildman–Crippen LogP) is 3.86. The molecule has 0 spiro atoms. The van der Waals surface area contributed by atoms with Gasteiger partial charge in [-0.3, -0.25) is 9.42 Å². The van der Waals surface area contributed by atoms with E-state index in [0.29, 0.717) is 17.8 Å². The lowest BCUT2D eigenvalue weighted by atomic mass is 9.54. The number of phosphoric ester groups is 1. The smallest absolute Gasteiger partial charge is 0.504 e. The van der Waals surface area contributed by atoms with Crippen molar-refractivity contribution < 1.29 is 23.6 Å². The monoisotopic (exact) mass is 324 g/mol. The van der Waals surface area contributed by atoms with Crippen LogP contribution in [0.25, 0.3) is 0 Å². The fraction of sp³-hybridized carbons (Fsp3) is 0.625. The van der Waals surface area contributed by atoms with E-state index < -0.39 is 13.4 Å². The Hall–Kier alpha value is -1.03. The lowest BCUT2D eigenvalue weighted by Gasteiger charge is -2.55. The van der Waals surface area contributed by atoms with Crippen LogP contribution in [0.1, 0.15) is 38.5 Å². The molecule has 0 aliphatic heterocycles. The van der Waals surface area contributed by atoms with Gasteiger partial charge in [0.15, 0.2) is 11.5 Å². The summed E-state index contributed by atoms with van der Waals surface area (Å²) in [4.78, 5) is 10.2. The van der Waals surface area contributed by atoms with Crippen molar-refractivity contribution in [3.8, 4) is 11.5 Å². The van der Waals surface area contributed by atoms with Crippen LogP contribution >= 0.6 is 7.82 Å². The molecule has 5 rings (SSSR count). The van der Waals surface area contributed by atoms with Crippen LogP contribution in [0.5, 0.6) is 11.5 Å². The number of hydrogen-bond acceptors (Lipinski definition) is 4. The van der Waals surface area contributed by atoms with Gasteiger partial charge in [-0.25, -0.2) is 4.57 Å². The highest BCUT2D eigenvalue weighted by Crippen LogP contribution is 2.62. The van der Waals surface area contributed by atoms with Crippen LogP contribution < -0.4 is 4.52 Å². The molecule has 0 radical (unpaired) electrons. The lowest BCUT2D eigenvalue weighted by Crippen LogP contribution is -2.51. The summed E-state index contributed by atoms with van der Waals surface area (Å²) in [6, 6.07) is 6.14. The molecule has 4 aliphatic carbocycles. The minimum atomic E-state index is -4.25. The molecule has 4 saturated carbocycles. The van der Waals surface area contributed by atoms with Crippen molar-refractivity contribution in [2.75, 3.05) is 0 Å². The maximum absolute atomic E-state index is 12.4. The number of para-hydroxylation sites is 2. The van der Waals surface area contributed by atoms with Gasteiger partial charge in [0.2, 0.25) is 0 Å². The number of rotatable bonds is 4. The van der Waals surface area contributed by atoms with Crippen LogP contribution in [-0.2, 0) is 9.09 Å². The summed E-state index contributed by atoms with van der Waals surface area (Å²) in [5.41, 5.74) is -0.510. The summed E-state index contributed by atoms with van der Waals surface area (Å²) >= 11 is 0. The van der Waals surface area contributed by atoms with Crippen LogP contribution in [0.4, 0.5) is 0 Å². The van der Waals surface area contributed by atoms with Crippen molar-refractivity contribution in [3.63, 3.8) is 0 Å². The van der Waals surface area contributed by atoms with E-state index in [0.717, 1.165) is 19.3 Å². The summed E-state index contributed by atoms with van der Waals surface area (Å²) in [5.74, 6) is 1.69. The highest BCUT2D eigenvalue weighted by molar-refractivity contribution is 7.47. The average molecular weight is 324 g/mol. The number of aromatic hydroxyl groups is 1. The molecule has 120 valence electrons. The largest absolute Gasteiger partial charge is 0.528 e. The van der Waals surface area contributed by atoms with Crippen molar-refractivity contribution in [2.45, 2.75) is 44.1 Å². The molecule has 4 aliphatic rings. The topological polar surface area (TPSA) is 76.0 Å². The van der Waals surface area contributed by atoms with Crippen LogP contribution in [0.15, 0.2) is 24.3 Å². The third-order valence-corrected chi connectivity index (χ3v) is 6.42. The predicted molar refractivity (Wildman–Crippen MR) is 80.5 cm³/mol. The van der Waals surface area contributed by atoms with Gasteiger partial charge in [-0.1, -0.05) is 12.1 Å².